The average molecular weight is 464 g/mol. The van der Waals surface area contributed by atoms with Crippen molar-refractivity contribution in [2.45, 2.75) is 31.5 Å². The minimum atomic E-state index is -0.623. The van der Waals surface area contributed by atoms with Crippen LogP contribution in [0.4, 0.5) is 0 Å². The van der Waals surface area contributed by atoms with Crippen LogP contribution in [0.15, 0.2) is 54.6 Å². The lowest BCUT2D eigenvalue weighted by molar-refractivity contribution is 0.0222. The minimum absolute atomic E-state index is 0.0137. The van der Waals surface area contributed by atoms with Crippen LogP contribution in [-0.2, 0) is 6.54 Å². The molecule has 34 heavy (non-hydrogen) atoms. The monoisotopic (exact) mass is 463 g/mol. The van der Waals surface area contributed by atoms with Crippen molar-refractivity contribution in [1.29, 1.82) is 0 Å². The van der Waals surface area contributed by atoms with Crippen molar-refractivity contribution in [2.75, 3.05) is 28.1 Å². The summed E-state index contributed by atoms with van der Waals surface area (Å²) in [6.45, 7) is 2.96. The lowest BCUT2D eigenvalue weighted by Crippen LogP contribution is -2.50. The molecule has 0 saturated heterocycles. The van der Waals surface area contributed by atoms with Crippen LogP contribution in [-0.4, -0.2) is 33.8 Å². The summed E-state index contributed by atoms with van der Waals surface area (Å²) in [4.78, 5) is 0. The van der Waals surface area contributed by atoms with Gasteiger partial charge in [-0.15, -0.1) is 0 Å². The van der Waals surface area contributed by atoms with E-state index in [1.54, 1.807) is 21.3 Å². The first-order valence-corrected chi connectivity index (χ1v) is 11.2. The fraction of sp³-hybridized carbons (Fsp3) is 0.333. The van der Waals surface area contributed by atoms with Crippen LogP contribution in [0.5, 0.6) is 34.5 Å². The highest BCUT2D eigenvalue weighted by molar-refractivity contribution is 5.60. The van der Waals surface area contributed by atoms with E-state index >= 15 is 0 Å². The van der Waals surface area contributed by atoms with Gasteiger partial charge >= 0.3 is 0 Å². The third kappa shape index (κ3) is 4.07. The number of hydrogen-bond donors (Lipinski definition) is 1. The van der Waals surface area contributed by atoms with Crippen LogP contribution in [0, 0.1) is 0 Å². The molecule has 1 N–H and O–H groups in total. The van der Waals surface area contributed by atoms with Crippen LogP contribution in [0.3, 0.4) is 0 Å². The normalized spacial score (nSPS) is 20.3. The highest BCUT2D eigenvalue weighted by Crippen LogP contribution is 2.51. The van der Waals surface area contributed by atoms with Gasteiger partial charge in [0.25, 0.3) is 0 Å². The van der Waals surface area contributed by atoms with E-state index in [1.807, 2.05) is 42.5 Å². The van der Waals surface area contributed by atoms with Crippen molar-refractivity contribution < 1.29 is 28.4 Å². The van der Waals surface area contributed by atoms with Crippen molar-refractivity contribution in [3.8, 4) is 34.5 Å². The highest BCUT2D eigenvalue weighted by atomic mass is 16.7. The largest absolute Gasteiger partial charge is 0.493 e. The van der Waals surface area contributed by atoms with E-state index in [2.05, 4.69) is 24.4 Å². The second-order valence-corrected chi connectivity index (χ2v) is 8.63. The summed E-state index contributed by atoms with van der Waals surface area (Å²) >= 11 is 0. The second-order valence-electron chi connectivity index (χ2n) is 8.63. The molecule has 2 aliphatic rings. The molecule has 0 spiro atoms. The Bertz CT molecular complexity index is 1160. The van der Waals surface area contributed by atoms with Gasteiger partial charge in [-0.3, -0.25) is 5.32 Å². The summed E-state index contributed by atoms with van der Waals surface area (Å²) in [5.41, 5.74) is 2.62. The van der Waals surface area contributed by atoms with Gasteiger partial charge in [-0.05, 0) is 36.2 Å². The molecule has 5 rings (SSSR count). The summed E-state index contributed by atoms with van der Waals surface area (Å²) < 4.78 is 34.6. The van der Waals surface area contributed by atoms with Crippen molar-refractivity contribution in [3.05, 3.63) is 71.3 Å². The number of benzene rings is 3. The van der Waals surface area contributed by atoms with E-state index in [0.717, 1.165) is 22.6 Å². The van der Waals surface area contributed by atoms with Crippen LogP contribution in [0.1, 0.15) is 36.0 Å². The molecule has 3 aromatic carbocycles. The van der Waals surface area contributed by atoms with Crippen LogP contribution < -0.4 is 33.7 Å². The third-order valence-electron chi connectivity index (χ3n) is 6.41. The molecule has 7 nitrogen and oxygen atoms in total. The molecule has 2 atom stereocenters. The summed E-state index contributed by atoms with van der Waals surface area (Å²) in [5.74, 6) is 3.96. The van der Waals surface area contributed by atoms with Gasteiger partial charge in [-0.2, -0.15) is 0 Å². The van der Waals surface area contributed by atoms with E-state index in [4.69, 9.17) is 28.4 Å². The van der Waals surface area contributed by atoms with E-state index < -0.39 is 5.72 Å². The molecule has 3 aromatic rings. The molecule has 0 unspecified atom stereocenters. The molecule has 2 aliphatic heterocycles. The molecule has 0 aromatic heterocycles. The molecule has 0 amide bonds. The minimum Gasteiger partial charge on any atom is -0.493 e. The number of ether oxygens (including phenoxy) is 6. The summed E-state index contributed by atoms with van der Waals surface area (Å²) in [6.07, 6.45) is 0.686. The van der Waals surface area contributed by atoms with E-state index in [1.165, 1.54) is 5.56 Å². The molecular weight excluding hydrogens is 434 g/mol. The van der Waals surface area contributed by atoms with Gasteiger partial charge in [0.15, 0.2) is 28.7 Å². The Labute approximate surface area is 199 Å². The van der Waals surface area contributed by atoms with Crippen molar-refractivity contribution in [2.24, 2.45) is 0 Å². The zero-order valence-corrected chi connectivity index (χ0v) is 19.8. The summed E-state index contributed by atoms with van der Waals surface area (Å²) in [6, 6.07) is 18.2. The fourth-order valence-electron chi connectivity index (χ4n) is 4.68. The van der Waals surface area contributed by atoms with Crippen molar-refractivity contribution in [3.63, 3.8) is 0 Å². The number of rotatable bonds is 7. The van der Waals surface area contributed by atoms with Crippen molar-refractivity contribution in [1.82, 2.24) is 5.32 Å². The van der Waals surface area contributed by atoms with E-state index in [9.17, 15) is 0 Å². The van der Waals surface area contributed by atoms with Gasteiger partial charge in [-0.25, -0.2) is 0 Å². The maximum absolute atomic E-state index is 6.54. The first kappa shape index (κ1) is 22.2. The van der Waals surface area contributed by atoms with Gasteiger partial charge in [0.2, 0.25) is 12.5 Å². The average Bonchev–Trinajstić information content (AvgIpc) is 3.33. The van der Waals surface area contributed by atoms with Crippen molar-refractivity contribution >= 4 is 0 Å². The van der Waals surface area contributed by atoms with E-state index in [0.29, 0.717) is 36.0 Å². The molecule has 0 saturated carbocycles. The maximum atomic E-state index is 6.54. The molecule has 7 heteroatoms. The molecule has 0 aliphatic carbocycles. The Morgan fingerprint density at radius 2 is 1.56 bits per heavy atom. The predicted molar refractivity (Wildman–Crippen MR) is 127 cm³/mol. The third-order valence-corrected chi connectivity index (χ3v) is 6.41. The molecule has 0 radical (unpaired) electrons. The molecule has 0 bridgehead atoms. The van der Waals surface area contributed by atoms with Gasteiger partial charge in [-0.1, -0.05) is 30.3 Å². The summed E-state index contributed by atoms with van der Waals surface area (Å²) in [5, 5.41) is 3.62. The standard InChI is InChI=1S/C27H29NO6/c1-27(28-15-17-8-6-5-7-9-17)14-20(18-10-24(29-2)26(31-4)25(11-18)30-3)19-12-22-23(33-16-32-22)13-21(19)34-27/h5-13,20,28H,14-16H2,1-4H3/t20-,27-/m1/s1. The zero-order valence-electron chi connectivity index (χ0n) is 19.8. The first-order valence-electron chi connectivity index (χ1n) is 11.2. The number of nitrogens with one attached hydrogen (secondary N) is 1. The molecule has 2 heterocycles. The molecule has 178 valence electrons. The second kappa shape index (κ2) is 8.99. The van der Waals surface area contributed by atoms with E-state index in [-0.39, 0.29) is 12.7 Å². The van der Waals surface area contributed by atoms with Crippen LogP contribution in [0.25, 0.3) is 0 Å². The smallest absolute Gasteiger partial charge is 0.231 e. The lowest BCUT2D eigenvalue weighted by atomic mass is 9.81. The molecular formula is C27H29NO6. The number of fused-ring (bicyclic) bond motifs is 2. The predicted octanol–water partition coefficient (Wildman–Crippen LogP) is 4.86. The molecule has 0 fully saturated rings. The first-order chi connectivity index (χ1) is 16.5. The topological polar surface area (TPSA) is 67.4 Å². The lowest BCUT2D eigenvalue weighted by Gasteiger charge is -2.41. The Morgan fingerprint density at radius 3 is 2.21 bits per heavy atom. The van der Waals surface area contributed by atoms with Gasteiger partial charge in [0.1, 0.15) is 5.75 Å². The Kier molecular flexibility index (Phi) is 5.87. The van der Waals surface area contributed by atoms with Crippen LogP contribution >= 0.6 is 0 Å². The Morgan fingerprint density at radius 1 is 0.882 bits per heavy atom. The van der Waals surface area contributed by atoms with Gasteiger partial charge in [0, 0.05) is 30.5 Å². The number of methoxy groups -OCH3 is 3. The highest BCUT2D eigenvalue weighted by Gasteiger charge is 2.40. The Hall–Kier alpha value is -3.58. The van der Waals surface area contributed by atoms with Crippen LogP contribution in [0.2, 0.25) is 0 Å². The van der Waals surface area contributed by atoms with Gasteiger partial charge < -0.3 is 28.4 Å². The number of hydrogen-bond acceptors (Lipinski definition) is 7. The summed E-state index contributed by atoms with van der Waals surface area (Å²) in [7, 11) is 4.86. The quantitative estimate of drug-likeness (QED) is 0.537. The Balaban J connectivity index is 1.57. The fourth-order valence-corrected chi connectivity index (χ4v) is 4.68. The maximum Gasteiger partial charge on any atom is 0.231 e. The zero-order chi connectivity index (χ0) is 23.7. The SMILES string of the molecule is COc1cc([C@H]2C[C@](C)(NCc3ccccc3)Oc3cc4c(cc32)OCO4)cc(OC)c1OC. The van der Waals surface area contributed by atoms with Gasteiger partial charge in [0.05, 0.1) is 21.3 Å².